The summed E-state index contributed by atoms with van der Waals surface area (Å²) in [7, 11) is 0. The third-order valence-corrected chi connectivity index (χ3v) is 3.11. The molecule has 5 heteroatoms. The van der Waals surface area contributed by atoms with Crippen LogP contribution in [-0.4, -0.2) is 29.5 Å². The molecule has 4 N–H and O–H groups in total. The zero-order valence-corrected chi connectivity index (χ0v) is 12.1. The van der Waals surface area contributed by atoms with E-state index in [0.29, 0.717) is 24.3 Å². The van der Waals surface area contributed by atoms with E-state index in [0.717, 1.165) is 10.9 Å². The molecule has 0 saturated heterocycles. The molecule has 0 aliphatic carbocycles. The fourth-order valence-electron chi connectivity index (χ4n) is 1.63. The van der Waals surface area contributed by atoms with Crippen LogP contribution in [0.4, 0.5) is 0 Å². The van der Waals surface area contributed by atoms with Crippen LogP contribution in [0.3, 0.4) is 0 Å². The quantitative estimate of drug-likeness (QED) is 0.718. The average Bonchev–Trinajstić information content (AvgIpc) is 2.36. The minimum absolute atomic E-state index is 0.0443. The summed E-state index contributed by atoms with van der Waals surface area (Å²) >= 11 is 3.36. The Morgan fingerprint density at radius 1 is 1.44 bits per heavy atom. The number of hydrogen-bond acceptors (Lipinski definition) is 4. The van der Waals surface area contributed by atoms with Crippen molar-refractivity contribution >= 4 is 15.9 Å². The normalized spacial score (nSPS) is 14.3. The van der Waals surface area contributed by atoms with Crippen LogP contribution in [0.2, 0.25) is 0 Å². The predicted molar refractivity (Wildman–Crippen MR) is 74.6 cm³/mol. The maximum absolute atomic E-state index is 10.2. The van der Waals surface area contributed by atoms with Gasteiger partial charge in [-0.05, 0) is 31.0 Å². The van der Waals surface area contributed by atoms with Crippen molar-refractivity contribution in [2.75, 3.05) is 13.2 Å². The third kappa shape index (κ3) is 4.24. The molecule has 1 aromatic carbocycles. The van der Waals surface area contributed by atoms with E-state index in [-0.39, 0.29) is 6.61 Å². The monoisotopic (exact) mass is 317 g/mol. The van der Waals surface area contributed by atoms with E-state index in [1.807, 2.05) is 19.1 Å². The summed E-state index contributed by atoms with van der Waals surface area (Å²) < 4.78 is 6.45. The van der Waals surface area contributed by atoms with E-state index < -0.39 is 12.1 Å². The van der Waals surface area contributed by atoms with Crippen molar-refractivity contribution in [3.05, 3.63) is 28.2 Å². The van der Waals surface area contributed by atoms with Crippen LogP contribution in [0.1, 0.15) is 31.4 Å². The van der Waals surface area contributed by atoms with Gasteiger partial charge in [-0.2, -0.15) is 0 Å². The van der Waals surface area contributed by atoms with Gasteiger partial charge in [0.25, 0.3) is 0 Å². The second kappa shape index (κ2) is 7.74. The van der Waals surface area contributed by atoms with Gasteiger partial charge in [0.2, 0.25) is 0 Å². The molecule has 102 valence electrons. The lowest BCUT2D eigenvalue weighted by molar-refractivity contribution is 0.125. The number of nitrogens with two attached hydrogens (primary N) is 1. The molecule has 0 fully saturated rings. The van der Waals surface area contributed by atoms with Crippen LogP contribution in [-0.2, 0) is 0 Å². The number of benzene rings is 1. The minimum Gasteiger partial charge on any atom is -0.493 e. The van der Waals surface area contributed by atoms with Gasteiger partial charge in [-0.25, -0.2) is 0 Å². The van der Waals surface area contributed by atoms with Gasteiger partial charge in [-0.3, -0.25) is 0 Å². The summed E-state index contributed by atoms with van der Waals surface area (Å²) in [5, 5.41) is 19.1. The molecule has 0 aliphatic heterocycles. The first-order valence-electron chi connectivity index (χ1n) is 6.06. The molecular formula is C13H20BrNO3. The van der Waals surface area contributed by atoms with Crippen LogP contribution < -0.4 is 10.5 Å². The van der Waals surface area contributed by atoms with Gasteiger partial charge in [0.05, 0.1) is 12.7 Å². The smallest absolute Gasteiger partial charge is 0.125 e. The Kier molecular flexibility index (Phi) is 6.63. The van der Waals surface area contributed by atoms with Crippen LogP contribution in [0, 0.1) is 0 Å². The standard InChI is InChI=1S/C13H20BrNO3/c1-2-7-18-12-4-3-9(14)8-10(12)13(17)11(15)5-6-16/h3-4,8,11,13,16-17H,2,5-7,15H2,1H3. The highest BCUT2D eigenvalue weighted by molar-refractivity contribution is 9.10. The third-order valence-electron chi connectivity index (χ3n) is 2.62. The molecule has 0 heterocycles. The average molecular weight is 318 g/mol. The molecular weight excluding hydrogens is 298 g/mol. The maximum atomic E-state index is 10.2. The molecule has 0 aliphatic rings. The van der Waals surface area contributed by atoms with Crippen LogP contribution in [0.5, 0.6) is 5.75 Å². The Morgan fingerprint density at radius 3 is 2.78 bits per heavy atom. The van der Waals surface area contributed by atoms with E-state index in [2.05, 4.69) is 15.9 Å². The van der Waals surface area contributed by atoms with Crippen molar-refractivity contribution in [2.45, 2.75) is 31.9 Å². The molecule has 2 unspecified atom stereocenters. The van der Waals surface area contributed by atoms with E-state index in [1.165, 1.54) is 0 Å². The Morgan fingerprint density at radius 2 is 2.17 bits per heavy atom. The SMILES string of the molecule is CCCOc1ccc(Br)cc1C(O)C(N)CCO. The van der Waals surface area contributed by atoms with E-state index in [4.69, 9.17) is 15.6 Å². The summed E-state index contributed by atoms with van der Waals surface area (Å²) in [6.45, 7) is 2.57. The van der Waals surface area contributed by atoms with Crippen LogP contribution in [0.25, 0.3) is 0 Å². The molecule has 0 aromatic heterocycles. The molecule has 1 rings (SSSR count). The number of ether oxygens (including phenoxy) is 1. The summed E-state index contributed by atoms with van der Waals surface area (Å²) in [6, 6.07) is 4.96. The number of aliphatic hydroxyl groups is 2. The van der Waals surface area contributed by atoms with Crippen molar-refractivity contribution in [1.29, 1.82) is 0 Å². The molecule has 0 saturated carbocycles. The Bertz CT molecular complexity index is 373. The molecule has 0 amide bonds. The van der Waals surface area contributed by atoms with Gasteiger partial charge in [0.1, 0.15) is 5.75 Å². The molecule has 18 heavy (non-hydrogen) atoms. The molecule has 2 atom stereocenters. The summed E-state index contributed by atoms with van der Waals surface area (Å²) in [6.07, 6.45) is 0.399. The fraction of sp³-hybridized carbons (Fsp3) is 0.538. The lowest BCUT2D eigenvalue weighted by Crippen LogP contribution is -2.29. The molecule has 1 aromatic rings. The molecule has 0 bridgehead atoms. The first-order valence-corrected chi connectivity index (χ1v) is 6.86. The number of halogens is 1. The van der Waals surface area contributed by atoms with E-state index >= 15 is 0 Å². The van der Waals surface area contributed by atoms with Gasteiger partial charge < -0.3 is 20.7 Å². The molecule has 0 radical (unpaired) electrons. The molecule has 4 nitrogen and oxygen atoms in total. The van der Waals surface area contributed by atoms with Crippen LogP contribution >= 0.6 is 15.9 Å². The lowest BCUT2D eigenvalue weighted by atomic mass is 10.00. The minimum atomic E-state index is -0.846. The van der Waals surface area contributed by atoms with Gasteiger partial charge in [-0.15, -0.1) is 0 Å². The Labute approximate surface area is 116 Å². The largest absolute Gasteiger partial charge is 0.493 e. The fourth-order valence-corrected chi connectivity index (χ4v) is 2.01. The first-order chi connectivity index (χ1) is 8.60. The zero-order chi connectivity index (χ0) is 13.5. The van der Waals surface area contributed by atoms with Crippen molar-refractivity contribution in [3.8, 4) is 5.75 Å². The van der Waals surface area contributed by atoms with Crippen molar-refractivity contribution in [1.82, 2.24) is 0 Å². The molecule has 0 spiro atoms. The summed E-state index contributed by atoms with van der Waals surface area (Å²) in [5.74, 6) is 0.640. The number of hydrogen-bond donors (Lipinski definition) is 3. The van der Waals surface area contributed by atoms with Gasteiger partial charge in [0, 0.05) is 22.7 Å². The van der Waals surface area contributed by atoms with Gasteiger partial charge in [-0.1, -0.05) is 22.9 Å². The zero-order valence-electron chi connectivity index (χ0n) is 10.5. The maximum Gasteiger partial charge on any atom is 0.125 e. The highest BCUT2D eigenvalue weighted by Gasteiger charge is 2.20. The number of rotatable bonds is 7. The topological polar surface area (TPSA) is 75.7 Å². The summed E-state index contributed by atoms with van der Waals surface area (Å²) in [4.78, 5) is 0. The second-order valence-electron chi connectivity index (χ2n) is 4.15. The Balaban J connectivity index is 2.92. The van der Waals surface area contributed by atoms with Gasteiger partial charge >= 0.3 is 0 Å². The Hall–Kier alpha value is -0.620. The van der Waals surface area contributed by atoms with Crippen molar-refractivity contribution in [3.63, 3.8) is 0 Å². The van der Waals surface area contributed by atoms with Gasteiger partial charge in [0.15, 0.2) is 0 Å². The lowest BCUT2D eigenvalue weighted by Gasteiger charge is -2.21. The first kappa shape index (κ1) is 15.4. The van der Waals surface area contributed by atoms with Crippen molar-refractivity contribution in [2.24, 2.45) is 5.73 Å². The highest BCUT2D eigenvalue weighted by atomic mass is 79.9. The summed E-state index contributed by atoms with van der Waals surface area (Å²) in [5.41, 5.74) is 6.48. The van der Waals surface area contributed by atoms with E-state index in [1.54, 1.807) is 6.07 Å². The number of aliphatic hydroxyl groups excluding tert-OH is 2. The van der Waals surface area contributed by atoms with E-state index in [9.17, 15) is 5.11 Å². The second-order valence-corrected chi connectivity index (χ2v) is 5.07. The predicted octanol–water partition coefficient (Wildman–Crippen LogP) is 1.98. The van der Waals surface area contributed by atoms with Crippen LogP contribution in [0.15, 0.2) is 22.7 Å². The van der Waals surface area contributed by atoms with Crippen molar-refractivity contribution < 1.29 is 14.9 Å². The highest BCUT2D eigenvalue weighted by Crippen LogP contribution is 2.30.